The van der Waals surface area contributed by atoms with Gasteiger partial charge in [-0.05, 0) is 32.4 Å². The summed E-state index contributed by atoms with van der Waals surface area (Å²) in [6.07, 6.45) is 2.07. The van der Waals surface area contributed by atoms with Gasteiger partial charge < -0.3 is 5.32 Å². The van der Waals surface area contributed by atoms with E-state index in [1.807, 2.05) is 0 Å². The van der Waals surface area contributed by atoms with Crippen LogP contribution in [-0.2, 0) is 12.8 Å². The second-order valence-electron chi connectivity index (χ2n) is 5.01. The molecular weight excluding hydrogens is 252 g/mol. The Morgan fingerprint density at radius 1 is 1.26 bits per heavy atom. The van der Waals surface area contributed by atoms with Crippen LogP contribution in [0.1, 0.15) is 28.8 Å². The van der Waals surface area contributed by atoms with Gasteiger partial charge in [0.2, 0.25) is 0 Å². The minimum atomic E-state index is 0.466. The van der Waals surface area contributed by atoms with Crippen molar-refractivity contribution in [3.05, 3.63) is 51.5 Å². The van der Waals surface area contributed by atoms with E-state index in [9.17, 15) is 0 Å². The normalized spacial score (nSPS) is 12.6. The SMILES string of the molecule is CCNC(Cc1cccc(C)c1)Cc1csc(C)n1. The molecule has 1 aromatic heterocycles. The highest BCUT2D eigenvalue weighted by Crippen LogP contribution is 2.13. The predicted molar refractivity (Wildman–Crippen MR) is 82.9 cm³/mol. The van der Waals surface area contributed by atoms with Crippen LogP contribution in [0.5, 0.6) is 0 Å². The molecule has 0 aliphatic rings. The van der Waals surface area contributed by atoms with Gasteiger partial charge in [-0.3, -0.25) is 0 Å². The van der Waals surface area contributed by atoms with Crippen LogP contribution in [0.3, 0.4) is 0 Å². The van der Waals surface area contributed by atoms with Gasteiger partial charge >= 0.3 is 0 Å². The van der Waals surface area contributed by atoms with Gasteiger partial charge in [0, 0.05) is 17.8 Å². The fourth-order valence-electron chi connectivity index (χ4n) is 2.38. The van der Waals surface area contributed by atoms with E-state index < -0.39 is 0 Å². The van der Waals surface area contributed by atoms with Crippen molar-refractivity contribution in [2.45, 2.75) is 39.7 Å². The lowest BCUT2D eigenvalue weighted by atomic mass is 10.0. The van der Waals surface area contributed by atoms with Crippen LogP contribution >= 0.6 is 11.3 Å². The quantitative estimate of drug-likeness (QED) is 0.871. The van der Waals surface area contributed by atoms with E-state index in [0.29, 0.717) is 6.04 Å². The first-order valence-corrected chi connectivity index (χ1v) is 7.75. The topological polar surface area (TPSA) is 24.9 Å². The molecule has 2 nitrogen and oxygen atoms in total. The predicted octanol–water partition coefficient (Wildman–Crippen LogP) is 3.52. The standard InChI is InChI=1S/C16H22N2S/c1-4-17-15(10-16-11-19-13(3)18-16)9-14-7-5-6-12(2)8-14/h5-8,11,15,17H,4,9-10H2,1-3H3. The Balaban J connectivity index is 2.03. The zero-order valence-electron chi connectivity index (χ0n) is 11.9. The molecule has 102 valence electrons. The van der Waals surface area contributed by atoms with Gasteiger partial charge in [-0.25, -0.2) is 4.98 Å². The Morgan fingerprint density at radius 2 is 2.11 bits per heavy atom. The van der Waals surface area contributed by atoms with Crippen LogP contribution in [0.2, 0.25) is 0 Å². The second-order valence-corrected chi connectivity index (χ2v) is 6.07. The molecule has 0 spiro atoms. The molecule has 1 atom stereocenters. The molecule has 1 N–H and O–H groups in total. The number of rotatable bonds is 6. The number of thiazole rings is 1. The largest absolute Gasteiger partial charge is 0.314 e. The van der Waals surface area contributed by atoms with Crippen molar-refractivity contribution < 1.29 is 0 Å². The summed E-state index contributed by atoms with van der Waals surface area (Å²) in [6.45, 7) is 7.38. The van der Waals surface area contributed by atoms with Gasteiger partial charge in [-0.1, -0.05) is 36.8 Å². The maximum Gasteiger partial charge on any atom is 0.0897 e. The van der Waals surface area contributed by atoms with E-state index in [1.165, 1.54) is 16.8 Å². The zero-order valence-corrected chi connectivity index (χ0v) is 12.8. The second kappa shape index (κ2) is 6.83. The third kappa shape index (κ3) is 4.44. The number of likely N-dealkylation sites (N-methyl/N-ethyl adjacent to an activating group) is 1. The van der Waals surface area contributed by atoms with Gasteiger partial charge in [0.05, 0.1) is 10.7 Å². The Bertz CT molecular complexity index is 519. The molecule has 0 saturated heterocycles. The number of aryl methyl sites for hydroxylation is 2. The molecule has 19 heavy (non-hydrogen) atoms. The lowest BCUT2D eigenvalue weighted by Gasteiger charge is -2.17. The van der Waals surface area contributed by atoms with Gasteiger partial charge in [-0.2, -0.15) is 0 Å². The molecular formula is C16H22N2S. The molecule has 1 unspecified atom stereocenters. The van der Waals surface area contributed by atoms with Crippen molar-refractivity contribution in [3.8, 4) is 0 Å². The molecule has 0 bridgehead atoms. The summed E-state index contributed by atoms with van der Waals surface area (Å²) in [5.41, 5.74) is 3.94. The molecule has 0 saturated carbocycles. The highest BCUT2D eigenvalue weighted by atomic mass is 32.1. The van der Waals surface area contributed by atoms with Crippen molar-refractivity contribution in [2.24, 2.45) is 0 Å². The smallest absolute Gasteiger partial charge is 0.0897 e. The molecule has 0 amide bonds. The number of hydrogen-bond donors (Lipinski definition) is 1. The van der Waals surface area contributed by atoms with Crippen LogP contribution in [0, 0.1) is 13.8 Å². The molecule has 1 heterocycles. The molecule has 0 fully saturated rings. The van der Waals surface area contributed by atoms with E-state index in [4.69, 9.17) is 0 Å². The Labute approximate surface area is 119 Å². The summed E-state index contributed by atoms with van der Waals surface area (Å²) in [6, 6.07) is 9.24. The zero-order chi connectivity index (χ0) is 13.7. The van der Waals surface area contributed by atoms with Gasteiger partial charge in [-0.15, -0.1) is 11.3 Å². The molecule has 0 aliphatic heterocycles. The minimum absolute atomic E-state index is 0.466. The van der Waals surface area contributed by atoms with Crippen molar-refractivity contribution >= 4 is 11.3 Å². The van der Waals surface area contributed by atoms with Crippen molar-refractivity contribution in [3.63, 3.8) is 0 Å². The molecule has 3 heteroatoms. The van der Waals surface area contributed by atoms with Crippen molar-refractivity contribution in [1.82, 2.24) is 10.3 Å². The van der Waals surface area contributed by atoms with Crippen LogP contribution in [-0.4, -0.2) is 17.6 Å². The Kier molecular flexibility index (Phi) is 5.11. The highest BCUT2D eigenvalue weighted by Gasteiger charge is 2.11. The fourth-order valence-corrected chi connectivity index (χ4v) is 3.01. The van der Waals surface area contributed by atoms with E-state index in [1.54, 1.807) is 11.3 Å². The first kappa shape index (κ1) is 14.2. The first-order valence-electron chi connectivity index (χ1n) is 6.87. The molecule has 0 aliphatic carbocycles. The van der Waals surface area contributed by atoms with Crippen LogP contribution in [0.15, 0.2) is 29.6 Å². The van der Waals surface area contributed by atoms with E-state index in [-0.39, 0.29) is 0 Å². The fraction of sp³-hybridized carbons (Fsp3) is 0.438. The van der Waals surface area contributed by atoms with E-state index in [2.05, 4.69) is 60.7 Å². The molecule has 0 radical (unpaired) electrons. The molecule has 2 rings (SSSR count). The highest BCUT2D eigenvalue weighted by molar-refractivity contribution is 7.09. The van der Waals surface area contributed by atoms with Crippen LogP contribution in [0.25, 0.3) is 0 Å². The number of nitrogens with zero attached hydrogens (tertiary/aromatic N) is 1. The monoisotopic (exact) mass is 274 g/mol. The maximum absolute atomic E-state index is 4.57. The number of nitrogens with one attached hydrogen (secondary N) is 1. The van der Waals surface area contributed by atoms with Gasteiger partial charge in [0.25, 0.3) is 0 Å². The summed E-state index contributed by atoms with van der Waals surface area (Å²) in [5, 5.41) is 6.90. The van der Waals surface area contributed by atoms with E-state index >= 15 is 0 Å². The van der Waals surface area contributed by atoms with Gasteiger partial charge in [0.15, 0.2) is 0 Å². The average Bonchev–Trinajstić information content (AvgIpc) is 2.75. The van der Waals surface area contributed by atoms with E-state index in [0.717, 1.165) is 24.4 Å². The van der Waals surface area contributed by atoms with Crippen molar-refractivity contribution in [2.75, 3.05) is 6.54 Å². The minimum Gasteiger partial charge on any atom is -0.314 e. The lowest BCUT2D eigenvalue weighted by molar-refractivity contribution is 0.517. The van der Waals surface area contributed by atoms with Crippen molar-refractivity contribution in [1.29, 1.82) is 0 Å². The maximum atomic E-state index is 4.57. The number of benzene rings is 1. The summed E-state index contributed by atoms with van der Waals surface area (Å²) >= 11 is 1.73. The number of hydrogen-bond acceptors (Lipinski definition) is 3. The summed E-state index contributed by atoms with van der Waals surface area (Å²) in [5.74, 6) is 0. The summed E-state index contributed by atoms with van der Waals surface area (Å²) in [7, 11) is 0. The average molecular weight is 274 g/mol. The molecule has 2 aromatic rings. The first-order chi connectivity index (χ1) is 9.17. The molecule has 1 aromatic carbocycles. The van der Waals surface area contributed by atoms with Crippen LogP contribution in [0.4, 0.5) is 0 Å². The van der Waals surface area contributed by atoms with Crippen LogP contribution < -0.4 is 5.32 Å². The summed E-state index contributed by atoms with van der Waals surface area (Å²) < 4.78 is 0. The third-order valence-corrected chi connectivity index (χ3v) is 4.00. The van der Waals surface area contributed by atoms with Gasteiger partial charge in [0.1, 0.15) is 0 Å². The number of aromatic nitrogens is 1. The third-order valence-electron chi connectivity index (χ3n) is 3.18. The Hall–Kier alpha value is -1.19. The summed E-state index contributed by atoms with van der Waals surface area (Å²) in [4.78, 5) is 4.57. The Morgan fingerprint density at radius 3 is 2.74 bits per heavy atom. The lowest BCUT2D eigenvalue weighted by Crippen LogP contribution is -2.33.